The topological polar surface area (TPSA) is 20.7 Å². The van der Waals surface area contributed by atoms with Crippen molar-refractivity contribution in [2.75, 3.05) is 0 Å². The van der Waals surface area contributed by atoms with Gasteiger partial charge in [-0.3, -0.25) is 0 Å². The fourth-order valence-corrected chi connectivity index (χ4v) is 3.04. The van der Waals surface area contributed by atoms with Crippen molar-refractivity contribution < 1.29 is 8.78 Å². The van der Waals surface area contributed by atoms with Crippen LogP contribution in [0.2, 0.25) is 0 Å². The van der Waals surface area contributed by atoms with Gasteiger partial charge in [-0.1, -0.05) is 13.3 Å². The highest BCUT2D eigenvalue weighted by molar-refractivity contribution is 7.71. The molecule has 1 saturated carbocycles. The number of rotatable bonds is 3. The molecular formula is C13H14F2N2S. The Labute approximate surface area is 109 Å². The molecule has 2 unspecified atom stereocenters. The molecule has 1 heterocycles. The third-order valence-corrected chi connectivity index (χ3v) is 3.92. The summed E-state index contributed by atoms with van der Waals surface area (Å²) in [6.07, 6.45) is 3.31. The third-order valence-electron chi connectivity index (χ3n) is 3.62. The van der Waals surface area contributed by atoms with E-state index in [0.717, 1.165) is 25.3 Å². The van der Waals surface area contributed by atoms with E-state index >= 15 is 0 Å². The van der Waals surface area contributed by atoms with Crippen LogP contribution in [0.1, 0.15) is 32.2 Å². The molecule has 1 N–H and O–H groups in total. The molecule has 2 atom stereocenters. The average molecular weight is 268 g/mol. The molecule has 0 aliphatic heterocycles. The standard InChI is InChI=1S/C13H14F2N2S/c1-2-3-7-4-10(7)17-11-6-8(14)5-9(15)12(11)16-13(17)18/h5-7,10H,2-4H2,1H3,(H,16,18). The zero-order valence-corrected chi connectivity index (χ0v) is 10.9. The molecule has 2 aromatic rings. The van der Waals surface area contributed by atoms with E-state index < -0.39 is 11.6 Å². The van der Waals surface area contributed by atoms with Crippen LogP contribution in [-0.4, -0.2) is 9.55 Å². The smallest absolute Gasteiger partial charge is 0.178 e. The van der Waals surface area contributed by atoms with Gasteiger partial charge < -0.3 is 9.55 Å². The quantitative estimate of drug-likeness (QED) is 0.821. The summed E-state index contributed by atoms with van der Waals surface area (Å²) < 4.78 is 29.3. The van der Waals surface area contributed by atoms with E-state index in [1.165, 1.54) is 6.07 Å². The summed E-state index contributed by atoms with van der Waals surface area (Å²) in [7, 11) is 0. The number of benzene rings is 1. The van der Waals surface area contributed by atoms with Crippen LogP contribution < -0.4 is 0 Å². The number of halogens is 2. The molecule has 96 valence electrons. The van der Waals surface area contributed by atoms with Gasteiger partial charge in [0.2, 0.25) is 0 Å². The number of imidazole rings is 1. The van der Waals surface area contributed by atoms with Gasteiger partial charge in [0.15, 0.2) is 10.6 Å². The van der Waals surface area contributed by atoms with E-state index in [-0.39, 0.29) is 0 Å². The number of aromatic amines is 1. The summed E-state index contributed by atoms with van der Waals surface area (Å²) >= 11 is 5.23. The van der Waals surface area contributed by atoms with Crippen LogP contribution in [0.25, 0.3) is 11.0 Å². The first-order valence-corrected chi connectivity index (χ1v) is 6.62. The van der Waals surface area contributed by atoms with E-state index in [1.807, 2.05) is 4.57 Å². The summed E-state index contributed by atoms with van der Waals surface area (Å²) in [5.74, 6) is -0.551. The number of hydrogen-bond donors (Lipinski definition) is 1. The second kappa shape index (κ2) is 4.16. The lowest BCUT2D eigenvalue weighted by atomic mass is 10.2. The predicted octanol–water partition coefficient (Wildman–Crippen LogP) is 4.34. The molecule has 1 aromatic heterocycles. The Hall–Kier alpha value is -1.23. The van der Waals surface area contributed by atoms with Gasteiger partial charge in [-0.15, -0.1) is 0 Å². The van der Waals surface area contributed by atoms with Crippen LogP contribution in [-0.2, 0) is 0 Å². The maximum absolute atomic E-state index is 13.6. The minimum Gasteiger partial charge on any atom is -0.328 e. The number of H-pyrrole nitrogens is 1. The van der Waals surface area contributed by atoms with Gasteiger partial charge in [-0.2, -0.15) is 0 Å². The van der Waals surface area contributed by atoms with E-state index in [1.54, 1.807) is 0 Å². The van der Waals surface area contributed by atoms with E-state index in [4.69, 9.17) is 12.2 Å². The molecule has 0 saturated heterocycles. The van der Waals surface area contributed by atoms with Crippen LogP contribution in [0, 0.1) is 22.3 Å². The third kappa shape index (κ3) is 1.77. The maximum atomic E-state index is 13.6. The number of fused-ring (bicyclic) bond motifs is 1. The molecule has 0 bridgehead atoms. The van der Waals surface area contributed by atoms with Crippen LogP contribution in [0.15, 0.2) is 12.1 Å². The Bertz CT molecular complexity index is 659. The second-order valence-electron chi connectivity index (χ2n) is 4.93. The average Bonchev–Trinajstić information content (AvgIpc) is 2.95. The van der Waals surface area contributed by atoms with Crippen molar-refractivity contribution in [2.24, 2.45) is 5.92 Å². The van der Waals surface area contributed by atoms with Gasteiger partial charge in [0.25, 0.3) is 0 Å². The fourth-order valence-electron chi connectivity index (χ4n) is 2.71. The Balaban J connectivity index is 2.12. The highest BCUT2D eigenvalue weighted by atomic mass is 32.1. The van der Waals surface area contributed by atoms with Crippen molar-refractivity contribution in [1.29, 1.82) is 0 Å². The Morgan fingerprint density at radius 2 is 2.22 bits per heavy atom. The van der Waals surface area contributed by atoms with Crippen molar-refractivity contribution >= 4 is 23.3 Å². The van der Waals surface area contributed by atoms with Crippen molar-refractivity contribution in [1.82, 2.24) is 9.55 Å². The predicted molar refractivity (Wildman–Crippen MR) is 69.1 cm³/mol. The van der Waals surface area contributed by atoms with Gasteiger partial charge >= 0.3 is 0 Å². The van der Waals surface area contributed by atoms with E-state index in [9.17, 15) is 8.78 Å². The molecule has 1 aromatic carbocycles. The van der Waals surface area contributed by atoms with Gasteiger partial charge in [0.1, 0.15) is 11.3 Å². The largest absolute Gasteiger partial charge is 0.328 e. The zero-order valence-electron chi connectivity index (χ0n) is 10.0. The van der Waals surface area contributed by atoms with Crippen molar-refractivity contribution in [3.05, 3.63) is 28.5 Å². The maximum Gasteiger partial charge on any atom is 0.178 e. The second-order valence-corrected chi connectivity index (χ2v) is 5.32. The number of aromatic nitrogens is 2. The molecule has 0 spiro atoms. The summed E-state index contributed by atoms with van der Waals surface area (Å²) in [6, 6.07) is 2.54. The summed E-state index contributed by atoms with van der Waals surface area (Å²) in [6.45, 7) is 2.14. The highest BCUT2D eigenvalue weighted by Crippen LogP contribution is 2.47. The molecule has 0 radical (unpaired) electrons. The van der Waals surface area contributed by atoms with Crippen LogP contribution in [0.3, 0.4) is 0 Å². The summed E-state index contributed by atoms with van der Waals surface area (Å²) in [5, 5.41) is 0. The zero-order chi connectivity index (χ0) is 12.9. The monoisotopic (exact) mass is 268 g/mol. The lowest BCUT2D eigenvalue weighted by Crippen LogP contribution is -1.97. The molecule has 18 heavy (non-hydrogen) atoms. The first-order chi connectivity index (χ1) is 8.61. The SMILES string of the molecule is CCCC1CC1n1c(=S)[nH]c2c(F)cc(F)cc21. The van der Waals surface area contributed by atoms with Crippen LogP contribution in [0.4, 0.5) is 8.78 Å². The van der Waals surface area contributed by atoms with Gasteiger partial charge in [0.05, 0.1) is 5.52 Å². The molecule has 3 rings (SSSR count). The highest BCUT2D eigenvalue weighted by Gasteiger charge is 2.39. The van der Waals surface area contributed by atoms with Crippen molar-refractivity contribution in [2.45, 2.75) is 32.2 Å². The molecular weight excluding hydrogens is 254 g/mol. The first-order valence-electron chi connectivity index (χ1n) is 6.21. The Morgan fingerprint density at radius 3 is 2.94 bits per heavy atom. The minimum atomic E-state index is -0.581. The molecule has 2 nitrogen and oxygen atoms in total. The number of hydrogen-bond acceptors (Lipinski definition) is 1. The minimum absolute atomic E-state index is 0.299. The van der Waals surface area contributed by atoms with Crippen molar-refractivity contribution in [3.8, 4) is 0 Å². The van der Waals surface area contributed by atoms with Crippen molar-refractivity contribution in [3.63, 3.8) is 0 Å². The van der Waals surface area contributed by atoms with Gasteiger partial charge in [0, 0.05) is 12.1 Å². The normalized spacial score (nSPS) is 22.6. The molecule has 0 amide bonds. The molecule has 1 aliphatic rings. The molecule has 1 fully saturated rings. The van der Waals surface area contributed by atoms with Gasteiger partial charge in [-0.05, 0) is 37.0 Å². The molecule has 1 aliphatic carbocycles. The van der Waals surface area contributed by atoms with Gasteiger partial charge in [-0.25, -0.2) is 8.78 Å². The lowest BCUT2D eigenvalue weighted by Gasteiger charge is -2.03. The van der Waals surface area contributed by atoms with E-state index in [2.05, 4.69) is 11.9 Å². The lowest BCUT2D eigenvalue weighted by molar-refractivity contribution is 0.587. The Morgan fingerprint density at radius 1 is 1.44 bits per heavy atom. The number of nitrogens with one attached hydrogen (secondary N) is 1. The first kappa shape index (κ1) is 11.8. The summed E-state index contributed by atoms with van der Waals surface area (Å²) in [5.41, 5.74) is 0.852. The number of nitrogens with zero attached hydrogens (tertiary/aromatic N) is 1. The molecule has 5 heteroatoms. The Kier molecular flexibility index (Phi) is 2.73. The van der Waals surface area contributed by atoms with Crippen LogP contribution in [0.5, 0.6) is 0 Å². The fraction of sp³-hybridized carbons (Fsp3) is 0.462. The summed E-state index contributed by atoms with van der Waals surface area (Å²) in [4.78, 5) is 2.84. The van der Waals surface area contributed by atoms with E-state index in [0.29, 0.717) is 27.8 Å². The van der Waals surface area contributed by atoms with Crippen LogP contribution >= 0.6 is 12.2 Å².